The summed E-state index contributed by atoms with van der Waals surface area (Å²) in [7, 11) is -2.87. The van der Waals surface area contributed by atoms with Gasteiger partial charge in [0.05, 0.1) is 24.6 Å². The van der Waals surface area contributed by atoms with Crippen LogP contribution in [-0.2, 0) is 10.0 Å². The number of aromatic nitrogens is 4. The van der Waals surface area contributed by atoms with E-state index in [4.69, 9.17) is 16.3 Å². The predicted octanol–water partition coefficient (Wildman–Crippen LogP) is 2.63. The molecule has 0 spiro atoms. The summed E-state index contributed by atoms with van der Waals surface area (Å²) in [5, 5.41) is 28.1. The zero-order chi connectivity index (χ0) is 25.2. The maximum Gasteiger partial charge on any atom is 0.243 e. The Labute approximate surface area is 205 Å². The fourth-order valence-electron chi connectivity index (χ4n) is 3.26. The first-order valence-electron chi connectivity index (χ1n) is 10.1. The van der Waals surface area contributed by atoms with Gasteiger partial charge in [-0.05, 0) is 36.9 Å². The number of anilines is 1. The molecule has 1 aliphatic heterocycles. The molecule has 180 valence electrons. The van der Waals surface area contributed by atoms with Crippen molar-refractivity contribution >= 4 is 39.4 Å². The molecule has 0 fully saturated rings. The zero-order valence-corrected chi connectivity index (χ0v) is 20.0. The Morgan fingerprint density at radius 1 is 1.20 bits per heavy atom. The Kier molecular flexibility index (Phi) is 6.74. The van der Waals surface area contributed by atoms with Crippen molar-refractivity contribution in [3.05, 3.63) is 70.7 Å². The number of sulfonamides is 1. The lowest BCUT2D eigenvalue weighted by Crippen LogP contribution is -2.32. The molecule has 0 bridgehead atoms. The van der Waals surface area contributed by atoms with Gasteiger partial charge in [-0.2, -0.15) is 0 Å². The lowest BCUT2D eigenvalue weighted by molar-refractivity contribution is 0.171. The van der Waals surface area contributed by atoms with Crippen LogP contribution in [0.25, 0.3) is 11.3 Å². The number of allylic oxidation sites excluding steroid dienone is 1. The van der Waals surface area contributed by atoms with Crippen LogP contribution in [0.1, 0.15) is 24.5 Å². The molecule has 11 nitrogen and oxygen atoms in total. The number of hydrogen-bond donors (Lipinski definition) is 3. The molecule has 0 amide bonds. The van der Waals surface area contributed by atoms with E-state index in [1.165, 1.54) is 49.2 Å². The van der Waals surface area contributed by atoms with Crippen molar-refractivity contribution in [1.29, 1.82) is 0 Å². The number of hydrogen-bond acceptors (Lipinski definition) is 9. The van der Waals surface area contributed by atoms with Crippen molar-refractivity contribution in [3.8, 4) is 17.2 Å². The third kappa shape index (κ3) is 4.83. The molecule has 1 aromatic carbocycles. The minimum atomic E-state index is -4.27. The van der Waals surface area contributed by atoms with Crippen LogP contribution < -0.4 is 9.46 Å². The molecule has 2 atom stereocenters. The number of phenols is 1. The van der Waals surface area contributed by atoms with Gasteiger partial charge < -0.3 is 14.9 Å². The van der Waals surface area contributed by atoms with E-state index in [0.29, 0.717) is 5.57 Å². The van der Waals surface area contributed by atoms with Gasteiger partial charge in [0.25, 0.3) is 0 Å². The SMILES string of the molecule is COc1cccc(O)c1-n1c(NS(=O)(=O)[C@H](C)[C@@H](O)c2cccc(Cl)n2)nnc1C1=C=C=CN=C1. The summed E-state index contributed by atoms with van der Waals surface area (Å²) in [6.07, 6.45) is 1.32. The Morgan fingerprint density at radius 3 is 2.66 bits per heavy atom. The van der Waals surface area contributed by atoms with Crippen LogP contribution in [0.2, 0.25) is 5.15 Å². The average Bonchev–Trinajstić information content (AvgIpc) is 3.25. The quantitative estimate of drug-likeness (QED) is 0.306. The van der Waals surface area contributed by atoms with Crippen molar-refractivity contribution in [2.75, 3.05) is 11.8 Å². The summed E-state index contributed by atoms with van der Waals surface area (Å²) < 4.78 is 35.4. The van der Waals surface area contributed by atoms with E-state index in [1.54, 1.807) is 18.2 Å². The van der Waals surface area contributed by atoms with Gasteiger partial charge in [-0.3, -0.25) is 14.3 Å². The monoisotopic (exact) mass is 514 g/mol. The minimum Gasteiger partial charge on any atom is -0.506 e. The van der Waals surface area contributed by atoms with Gasteiger partial charge in [-0.1, -0.05) is 29.5 Å². The van der Waals surface area contributed by atoms with Gasteiger partial charge in [-0.25, -0.2) is 13.4 Å². The molecule has 3 aromatic rings. The maximum atomic E-state index is 13.2. The smallest absolute Gasteiger partial charge is 0.243 e. The number of para-hydroxylation sites is 1. The number of ether oxygens (including phenoxy) is 1. The molecule has 0 saturated heterocycles. The predicted molar refractivity (Wildman–Crippen MR) is 129 cm³/mol. The highest BCUT2D eigenvalue weighted by molar-refractivity contribution is 7.93. The van der Waals surface area contributed by atoms with Crippen LogP contribution in [0.3, 0.4) is 0 Å². The molecule has 2 aromatic heterocycles. The number of nitrogens with one attached hydrogen (secondary N) is 1. The molecular weight excluding hydrogens is 496 g/mol. The van der Waals surface area contributed by atoms with Crippen LogP contribution in [0.4, 0.5) is 5.95 Å². The fraction of sp³-hybridized carbons (Fsp3) is 0.182. The second kappa shape index (κ2) is 9.75. The van der Waals surface area contributed by atoms with Crippen LogP contribution in [0.15, 0.2) is 59.1 Å². The highest BCUT2D eigenvalue weighted by Crippen LogP contribution is 2.36. The first-order chi connectivity index (χ1) is 16.7. The second-order valence-electron chi connectivity index (χ2n) is 7.28. The van der Waals surface area contributed by atoms with Crippen LogP contribution in [0, 0.1) is 0 Å². The summed E-state index contributed by atoms with van der Waals surface area (Å²) in [6, 6.07) is 9.06. The third-order valence-corrected chi connectivity index (χ3v) is 7.00. The molecule has 0 radical (unpaired) electrons. The lowest BCUT2D eigenvalue weighted by atomic mass is 10.2. The molecular formula is C22H19ClN6O5S. The zero-order valence-electron chi connectivity index (χ0n) is 18.4. The molecule has 13 heteroatoms. The van der Waals surface area contributed by atoms with Crippen LogP contribution >= 0.6 is 11.6 Å². The van der Waals surface area contributed by atoms with Crippen molar-refractivity contribution in [3.63, 3.8) is 0 Å². The number of aromatic hydroxyl groups is 1. The van der Waals surface area contributed by atoms with E-state index in [9.17, 15) is 18.6 Å². The fourth-order valence-corrected chi connectivity index (χ4v) is 4.48. The Morgan fingerprint density at radius 2 is 1.97 bits per heavy atom. The number of aliphatic imine (C=N–C) groups is 1. The number of phenolic OH excluding ortho intramolecular Hbond substituents is 1. The van der Waals surface area contributed by atoms with E-state index < -0.39 is 21.4 Å². The Hall–Kier alpha value is -3.92. The highest BCUT2D eigenvalue weighted by atomic mass is 35.5. The van der Waals surface area contributed by atoms with Crippen molar-refractivity contribution in [2.24, 2.45) is 4.99 Å². The van der Waals surface area contributed by atoms with E-state index in [1.807, 2.05) is 0 Å². The van der Waals surface area contributed by atoms with Gasteiger partial charge in [0.15, 0.2) is 5.82 Å². The van der Waals surface area contributed by atoms with Gasteiger partial charge in [0, 0.05) is 6.21 Å². The Bertz CT molecular complexity index is 1520. The van der Waals surface area contributed by atoms with Crippen LogP contribution in [0.5, 0.6) is 11.5 Å². The van der Waals surface area contributed by atoms with Crippen molar-refractivity contribution in [2.45, 2.75) is 18.3 Å². The number of benzene rings is 1. The topological polar surface area (TPSA) is 152 Å². The molecule has 4 rings (SSSR count). The third-order valence-electron chi connectivity index (χ3n) is 5.08. The van der Waals surface area contributed by atoms with Crippen LogP contribution in [-0.4, -0.2) is 57.0 Å². The van der Waals surface area contributed by atoms with E-state index in [0.717, 1.165) is 0 Å². The van der Waals surface area contributed by atoms with Gasteiger partial charge >= 0.3 is 0 Å². The van der Waals surface area contributed by atoms with E-state index in [2.05, 4.69) is 36.4 Å². The molecule has 0 unspecified atom stereocenters. The van der Waals surface area contributed by atoms with Gasteiger partial charge in [0.1, 0.15) is 33.7 Å². The first kappa shape index (κ1) is 24.2. The van der Waals surface area contributed by atoms with Crippen molar-refractivity contribution < 1.29 is 23.4 Å². The second-order valence-corrected chi connectivity index (χ2v) is 9.71. The molecule has 3 N–H and O–H groups in total. The van der Waals surface area contributed by atoms with E-state index >= 15 is 0 Å². The van der Waals surface area contributed by atoms with E-state index in [-0.39, 0.29) is 39.8 Å². The summed E-state index contributed by atoms with van der Waals surface area (Å²) in [5.74, 6) is -0.169. The number of halogens is 1. The number of aliphatic hydroxyl groups excluding tert-OH is 1. The largest absolute Gasteiger partial charge is 0.506 e. The molecule has 1 aliphatic rings. The average molecular weight is 515 g/mol. The molecule has 3 heterocycles. The number of aliphatic hydroxyl groups is 1. The number of methoxy groups -OCH3 is 1. The standard InChI is InChI=1S/C22H19ClN6O5S/c1-13(20(31)15-7-3-10-18(23)25-15)35(32,33)28-22-27-26-21(14-6-5-11-24-12-14)29(22)19-16(30)8-4-9-17(19)34-2/h3-4,7-13,20,30-31H,1-2H3,(H,27,28)/t13-,20-/m1/s1. The number of nitrogens with zero attached hydrogens (tertiary/aromatic N) is 5. The molecule has 35 heavy (non-hydrogen) atoms. The Balaban J connectivity index is 1.81. The summed E-state index contributed by atoms with van der Waals surface area (Å²) in [5.41, 5.74) is 6.01. The molecule has 0 aliphatic carbocycles. The highest BCUT2D eigenvalue weighted by Gasteiger charge is 2.33. The summed E-state index contributed by atoms with van der Waals surface area (Å²) in [6.45, 7) is 1.31. The summed E-state index contributed by atoms with van der Waals surface area (Å²) in [4.78, 5) is 7.97. The molecule has 0 saturated carbocycles. The lowest BCUT2D eigenvalue weighted by Gasteiger charge is -2.20. The maximum absolute atomic E-state index is 13.2. The number of pyridine rings is 1. The van der Waals surface area contributed by atoms with Gasteiger partial charge in [-0.15, -0.1) is 10.2 Å². The van der Waals surface area contributed by atoms with Crippen molar-refractivity contribution in [1.82, 2.24) is 19.7 Å². The normalized spacial score (nSPS) is 14.5. The van der Waals surface area contributed by atoms with Gasteiger partial charge in [0.2, 0.25) is 16.0 Å². The first-order valence-corrected chi connectivity index (χ1v) is 12.0. The summed E-state index contributed by atoms with van der Waals surface area (Å²) >= 11 is 5.88. The minimum absolute atomic E-state index is 0.0784. The number of rotatable bonds is 8.